The van der Waals surface area contributed by atoms with E-state index in [0.717, 1.165) is 56.1 Å². The first kappa shape index (κ1) is 19.6. The molecule has 8 heteroatoms. The molecule has 1 fully saturated rings. The first-order valence-corrected chi connectivity index (χ1v) is 9.38. The minimum Gasteiger partial charge on any atom is -0.492 e. The van der Waals surface area contributed by atoms with E-state index in [1.54, 1.807) is 7.05 Å². The number of ether oxygens (including phenoxy) is 4. The molecule has 0 bridgehead atoms. The van der Waals surface area contributed by atoms with E-state index in [1.165, 1.54) is 0 Å². The normalized spacial score (nSPS) is 17.7. The van der Waals surface area contributed by atoms with Crippen LogP contribution in [0.25, 0.3) is 0 Å². The van der Waals surface area contributed by atoms with Crippen LogP contribution in [0.1, 0.15) is 13.8 Å². The van der Waals surface area contributed by atoms with Crippen molar-refractivity contribution >= 4 is 5.96 Å². The molecule has 2 aliphatic heterocycles. The van der Waals surface area contributed by atoms with Gasteiger partial charge >= 0.3 is 0 Å². The maximum Gasteiger partial charge on any atom is 0.231 e. The molecule has 0 spiro atoms. The number of guanidine groups is 1. The van der Waals surface area contributed by atoms with Crippen molar-refractivity contribution in [1.29, 1.82) is 0 Å². The molecule has 27 heavy (non-hydrogen) atoms. The zero-order chi connectivity index (χ0) is 19.1. The van der Waals surface area contributed by atoms with Crippen molar-refractivity contribution in [2.45, 2.75) is 19.4 Å². The molecule has 1 aromatic carbocycles. The van der Waals surface area contributed by atoms with Crippen LogP contribution in [0.15, 0.2) is 23.2 Å². The molecule has 1 saturated heterocycles. The Morgan fingerprint density at radius 1 is 1.19 bits per heavy atom. The number of nitrogens with one attached hydrogen (secondary N) is 2. The quantitative estimate of drug-likeness (QED) is 0.418. The van der Waals surface area contributed by atoms with E-state index in [2.05, 4.69) is 34.4 Å². The second-order valence-corrected chi connectivity index (χ2v) is 7.13. The SMILES string of the molecule is CN=C(NCCOc1ccc2c(c1)OCO2)NCC(C)(C)N1CCOCC1. The highest BCUT2D eigenvalue weighted by molar-refractivity contribution is 5.79. The molecule has 0 atom stereocenters. The van der Waals surface area contributed by atoms with E-state index in [9.17, 15) is 0 Å². The summed E-state index contributed by atoms with van der Waals surface area (Å²) in [6.45, 7) is 10.2. The average molecular weight is 378 g/mol. The molecule has 1 aromatic rings. The van der Waals surface area contributed by atoms with E-state index in [0.29, 0.717) is 13.2 Å². The van der Waals surface area contributed by atoms with Crippen LogP contribution in [-0.4, -0.2) is 76.2 Å². The Hall–Kier alpha value is -2.19. The molecule has 2 aliphatic rings. The lowest BCUT2D eigenvalue weighted by atomic mass is 10.0. The molecule has 0 aromatic heterocycles. The lowest BCUT2D eigenvalue weighted by Gasteiger charge is -2.41. The van der Waals surface area contributed by atoms with E-state index in [1.807, 2.05) is 18.2 Å². The molecular weight excluding hydrogens is 348 g/mol. The lowest BCUT2D eigenvalue weighted by molar-refractivity contribution is -0.00834. The summed E-state index contributed by atoms with van der Waals surface area (Å²) in [5, 5.41) is 6.69. The molecule has 0 unspecified atom stereocenters. The van der Waals surface area contributed by atoms with Gasteiger partial charge in [-0.2, -0.15) is 0 Å². The van der Waals surface area contributed by atoms with Crippen molar-refractivity contribution in [3.63, 3.8) is 0 Å². The second kappa shape index (κ2) is 9.14. The molecule has 0 aliphatic carbocycles. The average Bonchev–Trinajstić information content (AvgIpc) is 3.16. The minimum absolute atomic E-state index is 0.0321. The molecule has 8 nitrogen and oxygen atoms in total. The third kappa shape index (κ3) is 5.40. The zero-order valence-corrected chi connectivity index (χ0v) is 16.4. The summed E-state index contributed by atoms with van der Waals surface area (Å²) >= 11 is 0. The standard InChI is InChI=1S/C19H30N4O4/c1-19(2,23-7-10-24-11-8-23)13-22-18(20-3)21-6-9-25-15-4-5-16-17(12-15)27-14-26-16/h4-5,12H,6-11,13-14H2,1-3H3,(H2,20,21,22). The minimum atomic E-state index is 0.0321. The molecule has 0 radical (unpaired) electrons. The Morgan fingerprint density at radius 3 is 2.74 bits per heavy atom. The van der Waals surface area contributed by atoms with Crippen LogP contribution in [0, 0.1) is 0 Å². The van der Waals surface area contributed by atoms with Gasteiger partial charge in [-0.05, 0) is 26.0 Å². The fourth-order valence-corrected chi connectivity index (χ4v) is 3.11. The third-order valence-electron chi connectivity index (χ3n) is 4.79. The van der Waals surface area contributed by atoms with Gasteiger partial charge < -0.3 is 29.6 Å². The van der Waals surface area contributed by atoms with Crippen molar-refractivity contribution in [2.24, 2.45) is 4.99 Å². The van der Waals surface area contributed by atoms with E-state index in [4.69, 9.17) is 18.9 Å². The van der Waals surface area contributed by atoms with Gasteiger partial charge in [0.15, 0.2) is 17.5 Å². The Kier molecular flexibility index (Phi) is 6.63. The van der Waals surface area contributed by atoms with Crippen molar-refractivity contribution < 1.29 is 18.9 Å². The summed E-state index contributed by atoms with van der Waals surface area (Å²) in [5.41, 5.74) is 0.0321. The molecule has 2 N–H and O–H groups in total. The number of hydrogen-bond acceptors (Lipinski definition) is 6. The molecular formula is C19H30N4O4. The van der Waals surface area contributed by atoms with Crippen molar-refractivity contribution in [3.8, 4) is 17.2 Å². The first-order valence-electron chi connectivity index (χ1n) is 9.38. The Balaban J connectivity index is 1.37. The monoisotopic (exact) mass is 378 g/mol. The maximum atomic E-state index is 5.76. The van der Waals surface area contributed by atoms with Gasteiger partial charge in [0, 0.05) is 38.3 Å². The van der Waals surface area contributed by atoms with Crippen LogP contribution in [0.2, 0.25) is 0 Å². The summed E-state index contributed by atoms with van der Waals surface area (Å²) in [7, 11) is 1.77. The Labute approximate surface area is 160 Å². The third-order valence-corrected chi connectivity index (χ3v) is 4.79. The van der Waals surface area contributed by atoms with Gasteiger partial charge in [0.25, 0.3) is 0 Å². The summed E-state index contributed by atoms with van der Waals surface area (Å²) in [4.78, 5) is 6.73. The molecule has 3 rings (SSSR count). The summed E-state index contributed by atoms with van der Waals surface area (Å²) in [5.74, 6) is 3.01. The fourth-order valence-electron chi connectivity index (χ4n) is 3.11. The zero-order valence-electron chi connectivity index (χ0n) is 16.4. The predicted octanol–water partition coefficient (Wildman–Crippen LogP) is 1.07. The van der Waals surface area contributed by atoms with E-state index >= 15 is 0 Å². The van der Waals surface area contributed by atoms with Gasteiger partial charge in [-0.15, -0.1) is 0 Å². The number of benzene rings is 1. The summed E-state index contributed by atoms with van der Waals surface area (Å²) in [6, 6.07) is 5.59. The van der Waals surface area contributed by atoms with Crippen LogP contribution < -0.4 is 24.8 Å². The number of rotatable bonds is 7. The molecule has 0 amide bonds. The van der Waals surface area contributed by atoms with Gasteiger partial charge in [0.1, 0.15) is 12.4 Å². The van der Waals surface area contributed by atoms with Crippen LogP contribution in [-0.2, 0) is 4.74 Å². The summed E-state index contributed by atoms with van der Waals surface area (Å²) < 4.78 is 21.9. The lowest BCUT2D eigenvalue weighted by Crippen LogP contribution is -2.56. The maximum absolute atomic E-state index is 5.76. The largest absolute Gasteiger partial charge is 0.492 e. The fraction of sp³-hybridized carbons (Fsp3) is 0.632. The molecule has 2 heterocycles. The first-order chi connectivity index (χ1) is 13.1. The number of fused-ring (bicyclic) bond motifs is 1. The topological polar surface area (TPSA) is 76.6 Å². The van der Waals surface area contributed by atoms with Gasteiger partial charge in [0.05, 0.1) is 19.8 Å². The van der Waals surface area contributed by atoms with Gasteiger partial charge in [-0.25, -0.2) is 0 Å². The van der Waals surface area contributed by atoms with Crippen molar-refractivity contribution in [2.75, 3.05) is 59.8 Å². The van der Waals surface area contributed by atoms with Gasteiger partial charge in [-0.1, -0.05) is 0 Å². The molecule has 0 saturated carbocycles. The second-order valence-electron chi connectivity index (χ2n) is 7.13. The Bertz CT molecular complexity index is 645. The Morgan fingerprint density at radius 2 is 1.96 bits per heavy atom. The van der Waals surface area contributed by atoms with Crippen molar-refractivity contribution in [3.05, 3.63) is 18.2 Å². The number of morpholine rings is 1. The van der Waals surface area contributed by atoms with Gasteiger partial charge in [-0.3, -0.25) is 9.89 Å². The van der Waals surface area contributed by atoms with E-state index < -0.39 is 0 Å². The van der Waals surface area contributed by atoms with Crippen molar-refractivity contribution in [1.82, 2.24) is 15.5 Å². The van der Waals surface area contributed by atoms with Crippen LogP contribution in [0.3, 0.4) is 0 Å². The van der Waals surface area contributed by atoms with Gasteiger partial charge in [0.2, 0.25) is 6.79 Å². The molecule has 150 valence electrons. The highest BCUT2D eigenvalue weighted by Crippen LogP contribution is 2.34. The smallest absolute Gasteiger partial charge is 0.231 e. The number of aliphatic imine (C=N–C) groups is 1. The highest BCUT2D eigenvalue weighted by Gasteiger charge is 2.28. The predicted molar refractivity (Wildman–Crippen MR) is 104 cm³/mol. The number of nitrogens with zero attached hydrogens (tertiary/aromatic N) is 2. The highest BCUT2D eigenvalue weighted by atomic mass is 16.7. The van der Waals surface area contributed by atoms with E-state index in [-0.39, 0.29) is 12.3 Å². The van der Waals surface area contributed by atoms with Crippen LogP contribution in [0.4, 0.5) is 0 Å². The number of hydrogen-bond donors (Lipinski definition) is 2. The summed E-state index contributed by atoms with van der Waals surface area (Å²) in [6.07, 6.45) is 0. The van der Waals surface area contributed by atoms with Crippen LogP contribution in [0.5, 0.6) is 17.2 Å². The van der Waals surface area contributed by atoms with Crippen LogP contribution >= 0.6 is 0 Å².